The van der Waals surface area contributed by atoms with E-state index in [0.29, 0.717) is 18.3 Å². The standard InChI is InChI=1S/C17H26N2O.ClH/c1-13-5-4-6-16(11-13)19(3)17(20)12-14(2)15-7-9-18-10-8-15;/h4-6,11,14-15,18H,7-10,12H2,1-3H3;1H. The monoisotopic (exact) mass is 310 g/mol. The van der Waals surface area contributed by atoms with Gasteiger partial charge in [-0.25, -0.2) is 0 Å². The SMILES string of the molecule is Cc1cccc(N(C)C(=O)CC(C)C2CCNCC2)c1.Cl. The van der Waals surface area contributed by atoms with Crippen molar-refractivity contribution in [1.82, 2.24) is 5.32 Å². The number of benzene rings is 1. The molecule has 3 nitrogen and oxygen atoms in total. The fourth-order valence-corrected chi connectivity index (χ4v) is 2.97. The Hall–Kier alpha value is -1.06. The molecule has 0 saturated carbocycles. The molecule has 1 fully saturated rings. The van der Waals surface area contributed by atoms with Crippen molar-refractivity contribution < 1.29 is 4.79 Å². The summed E-state index contributed by atoms with van der Waals surface area (Å²) in [6, 6.07) is 8.12. The Bertz CT molecular complexity index is 458. The van der Waals surface area contributed by atoms with Gasteiger partial charge in [0, 0.05) is 19.2 Å². The molecule has 1 amide bonds. The van der Waals surface area contributed by atoms with Crippen LogP contribution in [-0.2, 0) is 4.79 Å². The second-order valence-corrected chi connectivity index (χ2v) is 6.06. The average molecular weight is 311 g/mol. The van der Waals surface area contributed by atoms with E-state index >= 15 is 0 Å². The number of rotatable bonds is 4. The van der Waals surface area contributed by atoms with Gasteiger partial charge < -0.3 is 10.2 Å². The highest BCUT2D eigenvalue weighted by Gasteiger charge is 2.23. The van der Waals surface area contributed by atoms with Gasteiger partial charge in [-0.15, -0.1) is 12.4 Å². The number of anilines is 1. The summed E-state index contributed by atoms with van der Waals surface area (Å²) in [6.07, 6.45) is 3.04. The van der Waals surface area contributed by atoms with E-state index in [4.69, 9.17) is 0 Å². The number of nitrogens with zero attached hydrogens (tertiary/aromatic N) is 1. The smallest absolute Gasteiger partial charge is 0.226 e. The molecule has 1 aromatic carbocycles. The van der Waals surface area contributed by atoms with Crippen LogP contribution in [0, 0.1) is 18.8 Å². The molecule has 0 aliphatic carbocycles. The molecule has 21 heavy (non-hydrogen) atoms. The number of aryl methyl sites for hydroxylation is 1. The molecule has 0 bridgehead atoms. The highest BCUT2D eigenvalue weighted by Crippen LogP contribution is 2.25. The number of halogens is 1. The van der Waals surface area contributed by atoms with Gasteiger partial charge in [0.1, 0.15) is 0 Å². The number of carbonyl (C=O) groups is 1. The van der Waals surface area contributed by atoms with Crippen LogP contribution in [0.5, 0.6) is 0 Å². The minimum atomic E-state index is 0. The van der Waals surface area contributed by atoms with Crippen molar-refractivity contribution in [3.63, 3.8) is 0 Å². The van der Waals surface area contributed by atoms with Crippen molar-refractivity contribution in [2.24, 2.45) is 11.8 Å². The van der Waals surface area contributed by atoms with Gasteiger partial charge in [0.05, 0.1) is 0 Å². The Morgan fingerprint density at radius 2 is 2.05 bits per heavy atom. The molecular weight excluding hydrogens is 284 g/mol. The molecule has 4 heteroatoms. The molecule has 0 spiro atoms. The Morgan fingerprint density at radius 3 is 2.67 bits per heavy atom. The van der Waals surface area contributed by atoms with Crippen molar-refractivity contribution in [3.05, 3.63) is 29.8 Å². The molecule has 1 aromatic rings. The summed E-state index contributed by atoms with van der Waals surface area (Å²) in [5, 5.41) is 3.38. The molecule has 1 unspecified atom stereocenters. The number of hydrogen-bond donors (Lipinski definition) is 1. The van der Waals surface area contributed by atoms with E-state index in [1.54, 1.807) is 4.90 Å². The van der Waals surface area contributed by atoms with Gasteiger partial charge in [-0.3, -0.25) is 4.79 Å². The molecule has 1 atom stereocenters. The second kappa shape index (κ2) is 8.40. The van der Waals surface area contributed by atoms with E-state index < -0.39 is 0 Å². The van der Waals surface area contributed by atoms with Crippen molar-refractivity contribution in [1.29, 1.82) is 0 Å². The lowest BCUT2D eigenvalue weighted by atomic mass is 9.84. The van der Waals surface area contributed by atoms with Crippen LogP contribution in [0.2, 0.25) is 0 Å². The highest BCUT2D eigenvalue weighted by atomic mass is 35.5. The van der Waals surface area contributed by atoms with Gasteiger partial charge in [0.15, 0.2) is 0 Å². The zero-order valence-corrected chi connectivity index (χ0v) is 14.1. The van der Waals surface area contributed by atoms with Gasteiger partial charge in [-0.05, 0) is 62.4 Å². The Morgan fingerprint density at radius 1 is 1.38 bits per heavy atom. The number of amides is 1. The Kier molecular flexibility index (Phi) is 7.20. The van der Waals surface area contributed by atoms with Crippen LogP contribution in [0.1, 0.15) is 31.7 Å². The van der Waals surface area contributed by atoms with E-state index in [9.17, 15) is 4.79 Å². The molecule has 0 aromatic heterocycles. The summed E-state index contributed by atoms with van der Waals surface area (Å²) in [6.45, 7) is 6.46. The zero-order valence-electron chi connectivity index (χ0n) is 13.3. The zero-order chi connectivity index (χ0) is 14.5. The summed E-state index contributed by atoms with van der Waals surface area (Å²) < 4.78 is 0. The fraction of sp³-hybridized carbons (Fsp3) is 0.588. The van der Waals surface area contributed by atoms with Crippen LogP contribution < -0.4 is 10.2 Å². The van der Waals surface area contributed by atoms with E-state index in [1.807, 2.05) is 19.2 Å². The van der Waals surface area contributed by atoms with Crippen LogP contribution >= 0.6 is 12.4 Å². The summed E-state index contributed by atoms with van der Waals surface area (Å²) >= 11 is 0. The average Bonchev–Trinajstić information content (AvgIpc) is 2.47. The fourth-order valence-electron chi connectivity index (χ4n) is 2.97. The Labute approximate surface area is 134 Å². The topological polar surface area (TPSA) is 32.3 Å². The molecule has 0 radical (unpaired) electrons. The summed E-state index contributed by atoms with van der Waals surface area (Å²) in [5.74, 6) is 1.38. The van der Waals surface area contributed by atoms with Gasteiger partial charge in [0.2, 0.25) is 5.91 Å². The maximum Gasteiger partial charge on any atom is 0.226 e. The third-order valence-corrected chi connectivity index (χ3v) is 4.45. The van der Waals surface area contributed by atoms with Crippen molar-refractivity contribution >= 4 is 24.0 Å². The molecule has 1 heterocycles. The molecule has 2 rings (SSSR count). The van der Waals surface area contributed by atoms with Crippen LogP contribution in [0.15, 0.2) is 24.3 Å². The van der Waals surface area contributed by atoms with E-state index in [2.05, 4.69) is 31.3 Å². The maximum absolute atomic E-state index is 12.4. The minimum absolute atomic E-state index is 0. The lowest BCUT2D eigenvalue weighted by Gasteiger charge is -2.29. The van der Waals surface area contributed by atoms with Crippen LogP contribution in [0.4, 0.5) is 5.69 Å². The third-order valence-electron chi connectivity index (χ3n) is 4.45. The largest absolute Gasteiger partial charge is 0.317 e. The molecule has 1 saturated heterocycles. The predicted octanol–water partition coefficient (Wildman–Crippen LogP) is 3.41. The Balaban J connectivity index is 0.00000220. The number of nitrogens with one attached hydrogen (secondary N) is 1. The summed E-state index contributed by atoms with van der Waals surface area (Å²) in [7, 11) is 1.88. The minimum Gasteiger partial charge on any atom is -0.317 e. The van der Waals surface area contributed by atoms with Gasteiger partial charge in [0.25, 0.3) is 0 Å². The van der Waals surface area contributed by atoms with Gasteiger partial charge in [-0.1, -0.05) is 19.1 Å². The van der Waals surface area contributed by atoms with Crippen molar-refractivity contribution in [3.8, 4) is 0 Å². The van der Waals surface area contributed by atoms with Crippen molar-refractivity contribution in [2.45, 2.75) is 33.1 Å². The first-order valence-electron chi connectivity index (χ1n) is 7.62. The molecule has 1 N–H and O–H groups in total. The van der Waals surface area contributed by atoms with E-state index in [0.717, 1.165) is 18.8 Å². The number of hydrogen-bond acceptors (Lipinski definition) is 2. The summed E-state index contributed by atoms with van der Waals surface area (Å²) in [4.78, 5) is 14.2. The molecule has 118 valence electrons. The lowest BCUT2D eigenvalue weighted by Crippen LogP contribution is -2.34. The first-order valence-corrected chi connectivity index (χ1v) is 7.62. The highest BCUT2D eigenvalue weighted by molar-refractivity contribution is 5.93. The maximum atomic E-state index is 12.4. The number of carbonyl (C=O) groups excluding carboxylic acids is 1. The number of piperidine rings is 1. The first-order chi connectivity index (χ1) is 9.58. The molecule has 1 aliphatic rings. The van der Waals surface area contributed by atoms with E-state index in [-0.39, 0.29) is 18.3 Å². The third kappa shape index (κ3) is 5.01. The lowest BCUT2D eigenvalue weighted by molar-refractivity contribution is -0.119. The molecule has 1 aliphatic heterocycles. The van der Waals surface area contributed by atoms with E-state index in [1.165, 1.54) is 18.4 Å². The quantitative estimate of drug-likeness (QED) is 0.924. The second-order valence-electron chi connectivity index (χ2n) is 6.06. The van der Waals surface area contributed by atoms with Crippen LogP contribution in [-0.4, -0.2) is 26.0 Å². The van der Waals surface area contributed by atoms with Crippen LogP contribution in [0.25, 0.3) is 0 Å². The normalized spacial score (nSPS) is 16.9. The first kappa shape index (κ1) is 18.0. The molecular formula is C17H27ClN2O. The van der Waals surface area contributed by atoms with Gasteiger partial charge >= 0.3 is 0 Å². The summed E-state index contributed by atoms with van der Waals surface area (Å²) in [5.41, 5.74) is 2.18. The predicted molar refractivity (Wildman–Crippen MR) is 91.2 cm³/mol. The van der Waals surface area contributed by atoms with Gasteiger partial charge in [-0.2, -0.15) is 0 Å². The van der Waals surface area contributed by atoms with Crippen LogP contribution in [0.3, 0.4) is 0 Å². The van der Waals surface area contributed by atoms with Crippen molar-refractivity contribution in [2.75, 3.05) is 25.0 Å².